The fourth-order valence-corrected chi connectivity index (χ4v) is 2.51. The van der Waals surface area contributed by atoms with Crippen molar-refractivity contribution in [3.63, 3.8) is 0 Å². The van der Waals surface area contributed by atoms with Gasteiger partial charge < -0.3 is 15.4 Å². The lowest BCUT2D eigenvalue weighted by molar-refractivity contribution is -0.123. The molecule has 110 valence electrons. The SMILES string of the molecule is Cc1cc(Cl)c(NC(=O)COC2CCNCC2)cc1Cl. The van der Waals surface area contributed by atoms with E-state index >= 15 is 0 Å². The van der Waals surface area contributed by atoms with Crippen LogP contribution in [0.25, 0.3) is 0 Å². The van der Waals surface area contributed by atoms with Gasteiger partial charge in [0.05, 0.1) is 16.8 Å². The van der Waals surface area contributed by atoms with E-state index in [1.807, 2.05) is 6.92 Å². The number of carbonyl (C=O) groups is 1. The quantitative estimate of drug-likeness (QED) is 0.897. The van der Waals surface area contributed by atoms with E-state index in [1.165, 1.54) is 0 Å². The summed E-state index contributed by atoms with van der Waals surface area (Å²) in [6, 6.07) is 3.38. The number of hydrogen-bond acceptors (Lipinski definition) is 3. The van der Waals surface area contributed by atoms with Gasteiger partial charge in [0, 0.05) is 5.02 Å². The molecule has 4 nitrogen and oxygen atoms in total. The number of ether oxygens (including phenoxy) is 1. The molecule has 20 heavy (non-hydrogen) atoms. The Bertz CT molecular complexity index is 488. The van der Waals surface area contributed by atoms with Crippen molar-refractivity contribution in [3.8, 4) is 0 Å². The molecular formula is C14H18Cl2N2O2. The highest BCUT2D eigenvalue weighted by atomic mass is 35.5. The second-order valence-electron chi connectivity index (χ2n) is 4.89. The maximum absolute atomic E-state index is 11.9. The lowest BCUT2D eigenvalue weighted by atomic mass is 10.1. The van der Waals surface area contributed by atoms with Crippen molar-refractivity contribution in [2.24, 2.45) is 0 Å². The monoisotopic (exact) mass is 316 g/mol. The van der Waals surface area contributed by atoms with Crippen LogP contribution in [0.2, 0.25) is 10.0 Å². The van der Waals surface area contributed by atoms with E-state index in [0.717, 1.165) is 31.5 Å². The van der Waals surface area contributed by atoms with Crippen molar-refractivity contribution in [3.05, 3.63) is 27.7 Å². The van der Waals surface area contributed by atoms with Crippen LogP contribution in [0.5, 0.6) is 0 Å². The maximum Gasteiger partial charge on any atom is 0.250 e. The van der Waals surface area contributed by atoms with Crippen LogP contribution in [0.4, 0.5) is 5.69 Å². The minimum atomic E-state index is -0.217. The first-order valence-electron chi connectivity index (χ1n) is 6.64. The Morgan fingerprint density at radius 2 is 2.05 bits per heavy atom. The van der Waals surface area contributed by atoms with E-state index in [9.17, 15) is 4.79 Å². The summed E-state index contributed by atoms with van der Waals surface area (Å²) in [7, 11) is 0. The summed E-state index contributed by atoms with van der Waals surface area (Å²) in [5, 5.41) is 7.02. The molecule has 0 unspecified atom stereocenters. The van der Waals surface area contributed by atoms with Crippen LogP contribution in [0.1, 0.15) is 18.4 Å². The molecule has 0 aliphatic carbocycles. The van der Waals surface area contributed by atoms with Gasteiger partial charge in [-0.1, -0.05) is 23.2 Å². The molecule has 2 rings (SSSR count). The van der Waals surface area contributed by atoms with Crippen LogP contribution < -0.4 is 10.6 Å². The average Bonchev–Trinajstić information content (AvgIpc) is 2.44. The summed E-state index contributed by atoms with van der Waals surface area (Å²) >= 11 is 12.1. The largest absolute Gasteiger partial charge is 0.368 e. The van der Waals surface area contributed by atoms with Gasteiger partial charge in [-0.3, -0.25) is 4.79 Å². The van der Waals surface area contributed by atoms with Crippen LogP contribution in [0.15, 0.2) is 12.1 Å². The number of rotatable bonds is 4. The molecule has 0 radical (unpaired) electrons. The van der Waals surface area contributed by atoms with Gasteiger partial charge in [0.15, 0.2) is 0 Å². The summed E-state index contributed by atoms with van der Waals surface area (Å²) in [5.74, 6) is -0.217. The summed E-state index contributed by atoms with van der Waals surface area (Å²) < 4.78 is 5.58. The van der Waals surface area contributed by atoms with Crippen LogP contribution in [-0.2, 0) is 9.53 Å². The third-order valence-electron chi connectivity index (χ3n) is 3.26. The fraction of sp³-hybridized carbons (Fsp3) is 0.500. The number of aryl methyl sites for hydroxylation is 1. The molecule has 1 fully saturated rings. The number of anilines is 1. The Kier molecular flexibility index (Phi) is 5.66. The highest BCUT2D eigenvalue weighted by molar-refractivity contribution is 6.36. The number of amides is 1. The Labute approximate surface area is 128 Å². The Hall–Kier alpha value is -0.810. The van der Waals surface area contributed by atoms with E-state index in [1.54, 1.807) is 12.1 Å². The molecular weight excluding hydrogens is 299 g/mol. The second kappa shape index (κ2) is 7.27. The lowest BCUT2D eigenvalue weighted by Crippen LogP contribution is -2.34. The minimum Gasteiger partial charge on any atom is -0.368 e. The van der Waals surface area contributed by atoms with Crippen molar-refractivity contribution >= 4 is 34.8 Å². The van der Waals surface area contributed by atoms with E-state index < -0.39 is 0 Å². The van der Waals surface area contributed by atoms with Crippen LogP contribution in [-0.4, -0.2) is 31.7 Å². The lowest BCUT2D eigenvalue weighted by Gasteiger charge is -2.22. The van der Waals surface area contributed by atoms with Crippen molar-refractivity contribution in [1.82, 2.24) is 5.32 Å². The molecule has 1 aliphatic rings. The topological polar surface area (TPSA) is 50.4 Å². The summed E-state index contributed by atoms with van der Waals surface area (Å²) in [4.78, 5) is 11.9. The Morgan fingerprint density at radius 3 is 2.75 bits per heavy atom. The summed E-state index contributed by atoms with van der Waals surface area (Å²) in [5.41, 5.74) is 1.39. The van der Waals surface area contributed by atoms with Gasteiger partial charge in [0.1, 0.15) is 6.61 Å². The zero-order valence-electron chi connectivity index (χ0n) is 11.3. The maximum atomic E-state index is 11.9. The van der Waals surface area contributed by atoms with E-state index in [0.29, 0.717) is 15.7 Å². The first kappa shape index (κ1) is 15.6. The number of hydrogen-bond donors (Lipinski definition) is 2. The van der Waals surface area contributed by atoms with Crippen LogP contribution in [0, 0.1) is 6.92 Å². The van der Waals surface area contributed by atoms with Crippen molar-refractivity contribution in [2.75, 3.05) is 25.0 Å². The number of halogens is 2. The minimum absolute atomic E-state index is 0.0342. The first-order chi connectivity index (χ1) is 9.56. The zero-order chi connectivity index (χ0) is 14.5. The zero-order valence-corrected chi connectivity index (χ0v) is 12.9. The molecule has 0 atom stereocenters. The van der Waals surface area contributed by atoms with Crippen molar-refractivity contribution in [1.29, 1.82) is 0 Å². The number of piperidine rings is 1. The molecule has 6 heteroatoms. The molecule has 0 bridgehead atoms. The van der Waals surface area contributed by atoms with Crippen molar-refractivity contribution < 1.29 is 9.53 Å². The van der Waals surface area contributed by atoms with E-state index in [2.05, 4.69) is 10.6 Å². The summed E-state index contributed by atoms with van der Waals surface area (Å²) in [6.45, 7) is 3.77. The molecule has 2 N–H and O–H groups in total. The normalized spacial score (nSPS) is 16.1. The highest BCUT2D eigenvalue weighted by Crippen LogP contribution is 2.28. The molecule has 1 aliphatic heterocycles. The molecule has 0 saturated carbocycles. The second-order valence-corrected chi connectivity index (χ2v) is 5.70. The van der Waals surface area contributed by atoms with Gasteiger partial charge in [-0.05, 0) is 50.6 Å². The van der Waals surface area contributed by atoms with Gasteiger partial charge in [-0.25, -0.2) is 0 Å². The van der Waals surface area contributed by atoms with Gasteiger partial charge in [-0.15, -0.1) is 0 Å². The number of carbonyl (C=O) groups excluding carboxylic acids is 1. The molecule has 0 aromatic heterocycles. The van der Waals surface area contributed by atoms with Crippen LogP contribution >= 0.6 is 23.2 Å². The standard InChI is InChI=1S/C14H18Cl2N2O2/c1-9-6-12(16)13(7-11(9)15)18-14(19)8-20-10-2-4-17-5-3-10/h6-7,10,17H,2-5,8H2,1H3,(H,18,19). The van der Waals surface area contributed by atoms with Gasteiger partial charge in [0.25, 0.3) is 0 Å². The molecule has 0 spiro atoms. The Balaban J connectivity index is 1.86. The molecule has 1 aromatic rings. The third-order valence-corrected chi connectivity index (χ3v) is 3.98. The van der Waals surface area contributed by atoms with Gasteiger partial charge in [0.2, 0.25) is 5.91 Å². The van der Waals surface area contributed by atoms with Crippen LogP contribution in [0.3, 0.4) is 0 Å². The number of nitrogens with one attached hydrogen (secondary N) is 2. The van der Waals surface area contributed by atoms with Gasteiger partial charge in [-0.2, -0.15) is 0 Å². The summed E-state index contributed by atoms with van der Waals surface area (Å²) in [6.07, 6.45) is 2.02. The first-order valence-corrected chi connectivity index (χ1v) is 7.39. The Morgan fingerprint density at radius 1 is 1.35 bits per heavy atom. The van der Waals surface area contributed by atoms with E-state index in [4.69, 9.17) is 27.9 Å². The smallest absolute Gasteiger partial charge is 0.250 e. The predicted octanol–water partition coefficient (Wildman–Crippen LogP) is 3.01. The molecule has 1 saturated heterocycles. The average molecular weight is 317 g/mol. The molecule has 1 heterocycles. The number of benzene rings is 1. The van der Waals surface area contributed by atoms with Gasteiger partial charge >= 0.3 is 0 Å². The van der Waals surface area contributed by atoms with Crippen molar-refractivity contribution in [2.45, 2.75) is 25.9 Å². The molecule has 1 aromatic carbocycles. The highest BCUT2D eigenvalue weighted by Gasteiger charge is 2.15. The third kappa shape index (κ3) is 4.35. The fourth-order valence-electron chi connectivity index (χ4n) is 2.08. The predicted molar refractivity (Wildman–Crippen MR) is 81.7 cm³/mol. The van der Waals surface area contributed by atoms with E-state index in [-0.39, 0.29) is 18.6 Å². The molecule has 1 amide bonds.